The Labute approximate surface area is 60.3 Å². The van der Waals surface area contributed by atoms with E-state index in [4.69, 9.17) is 0 Å². The summed E-state index contributed by atoms with van der Waals surface area (Å²) in [5.41, 5.74) is 2.85. The Bertz CT molecular complexity index is 155. The van der Waals surface area contributed by atoms with Gasteiger partial charge in [-0.1, -0.05) is 24.3 Å². The highest BCUT2D eigenvalue weighted by atomic mass is 32.2. The highest BCUT2D eigenvalue weighted by molar-refractivity contribution is 7.97. The molecule has 0 spiro atoms. The molecular formula is C8H10S. The Hall–Kier alpha value is -0.430. The zero-order valence-electron chi connectivity index (χ0n) is 5.72. The van der Waals surface area contributed by atoms with Crippen LogP contribution in [0.15, 0.2) is 24.3 Å². The van der Waals surface area contributed by atoms with Crippen molar-refractivity contribution in [1.82, 2.24) is 0 Å². The number of thioether (sulfide) groups is 1. The molecule has 0 N–H and O–H groups in total. The fourth-order valence-corrected chi connectivity index (χ4v) is 0.663. The van der Waals surface area contributed by atoms with Crippen LogP contribution in [0.3, 0.4) is 0 Å². The Balaban J connectivity index is 0.000000120. The summed E-state index contributed by atoms with van der Waals surface area (Å²) in [4.78, 5) is 0. The van der Waals surface area contributed by atoms with Gasteiger partial charge in [0, 0.05) is 0 Å². The van der Waals surface area contributed by atoms with Crippen LogP contribution in [0.5, 0.6) is 0 Å². The fourth-order valence-electron chi connectivity index (χ4n) is 0.663. The van der Waals surface area contributed by atoms with Gasteiger partial charge in [0.15, 0.2) is 0 Å². The van der Waals surface area contributed by atoms with Crippen LogP contribution in [0.4, 0.5) is 0 Å². The van der Waals surface area contributed by atoms with Crippen molar-refractivity contribution in [3.63, 3.8) is 0 Å². The summed E-state index contributed by atoms with van der Waals surface area (Å²) >= 11 is 1.75. The third-order valence-electron chi connectivity index (χ3n) is 1.22. The Morgan fingerprint density at radius 3 is 1.11 bits per heavy atom. The topological polar surface area (TPSA) is 0 Å². The quantitative estimate of drug-likeness (QED) is 0.539. The lowest BCUT2D eigenvalue weighted by atomic mass is 9.95. The minimum atomic E-state index is 1.43. The van der Waals surface area contributed by atoms with Gasteiger partial charge >= 0.3 is 0 Å². The van der Waals surface area contributed by atoms with Crippen molar-refractivity contribution in [3.8, 4) is 11.1 Å². The maximum absolute atomic E-state index is 2.12. The van der Waals surface area contributed by atoms with Gasteiger partial charge in [0.25, 0.3) is 0 Å². The lowest BCUT2D eigenvalue weighted by Crippen LogP contribution is -1.85. The highest BCUT2D eigenvalue weighted by Crippen LogP contribution is 2.29. The number of hydrogen-bond acceptors (Lipinski definition) is 1. The van der Waals surface area contributed by atoms with Crippen LogP contribution < -0.4 is 0 Å². The van der Waals surface area contributed by atoms with Crippen LogP contribution in [0.25, 0.3) is 11.1 Å². The summed E-state index contributed by atoms with van der Waals surface area (Å²) in [5, 5.41) is 0. The molecule has 9 heavy (non-hydrogen) atoms. The van der Waals surface area contributed by atoms with Crippen LogP contribution in [0.1, 0.15) is 0 Å². The van der Waals surface area contributed by atoms with E-state index in [2.05, 4.69) is 24.3 Å². The molecule has 0 aromatic carbocycles. The van der Waals surface area contributed by atoms with E-state index in [9.17, 15) is 0 Å². The van der Waals surface area contributed by atoms with Gasteiger partial charge in [-0.2, -0.15) is 11.8 Å². The van der Waals surface area contributed by atoms with Crippen molar-refractivity contribution in [3.05, 3.63) is 24.3 Å². The second-order valence-corrected chi connectivity index (χ2v) is 2.80. The van der Waals surface area contributed by atoms with Crippen LogP contribution in [-0.2, 0) is 0 Å². The maximum atomic E-state index is 2.12. The van der Waals surface area contributed by atoms with Gasteiger partial charge < -0.3 is 0 Å². The van der Waals surface area contributed by atoms with Crippen LogP contribution >= 0.6 is 11.8 Å². The van der Waals surface area contributed by atoms with E-state index in [1.54, 1.807) is 11.8 Å². The van der Waals surface area contributed by atoms with E-state index in [1.165, 1.54) is 11.1 Å². The zero-order chi connectivity index (χ0) is 6.69. The van der Waals surface area contributed by atoms with E-state index < -0.39 is 0 Å². The molecule has 0 aromatic heterocycles. The lowest BCUT2D eigenvalue weighted by molar-refractivity contribution is 1.55. The standard InChI is InChI=1S/C6H4.C2H6S/c1-2-6-4-3-5(1)6;1-3-2/h1-4H;1-2H3. The van der Waals surface area contributed by atoms with Gasteiger partial charge in [0.2, 0.25) is 0 Å². The average molecular weight is 138 g/mol. The van der Waals surface area contributed by atoms with Gasteiger partial charge in [-0.3, -0.25) is 0 Å². The molecule has 0 fully saturated rings. The van der Waals surface area contributed by atoms with E-state index in [0.29, 0.717) is 0 Å². The van der Waals surface area contributed by atoms with Crippen molar-refractivity contribution >= 4 is 11.8 Å². The van der Waals surface area contributed by atoms with E-state index in [1.807, 2.05) is 12.5 Å². The Morgan fingerprint density at radius 1 is 0.889 bits per heavy atom. The number of benzene rings is 1. The molecule has 0 amide bonds. The smallest absolute Gasteiger partial charge is 0.0184 e. The predicted octanol–water partition coefficient (Wildman–Crippen LogP) is 2.65. The third-order valence-corrected chi connectivity index (χ3v) is 1.22. The zero-order valence-corrected chi connectivity index (χ0v) is 6.53. The lowest BCUT2D eigenvalue weighted by Gasteiger charge is -2.10. The van der Waals surface area contributed by atoms with Crippen LogP contribution in [0.2, 0.25) is 0 Å². The molecule has 0 unspecified atom stereocenters. The van der Waals surface area contributed by atoms with Crippen molar-refractivity contribution in [2.75, 3.05) is 12.5 Å². The van der Waals surface area contributed by atoms with Gasteiger partial charge in [0.05, 0.1) is 0 Å². The van der Waals surface area contributed by atoms with Crippen molar-refractivity contribution in [2.24, 2.45) is 0 Å². The third kappa shape index (κ3) is 1.28. The molecule has 0 atom stereocenters. The predicted molar refractivity (Wildman–Crippen MR) is 44.9 cm³/mol. The molecule has 0 heterocycles. The first-order valence-electron chi connectivity index (χ1n) is 2.89. The molecule has 0 bridgehead atoms. The molecule has 0 nitrogen and oxygen atoms in total. The average Bonchev–Trinajstić information content (AvgIpc) is 1.81. The van der Waals surface area contributed by atoms with Crippen LogP contribution in [0, 0.1) is 0 Å². The molecule has 0 saturated carbocycles. The number of rotatable bonds is 0. The Kier molecular flexibility index (Phi) is 2.17. The molecule has 0 saturated heterocycles. The van der Waals surface area contributed by atoms with Crippen molar-refractivity contribution in [2.45, 2.75) is 0 Å². The van der Waals surface area contributed by atoms with Crippen molar-refractivity contribution in [1.29, 1.82) is 0 Å². The minimum absolute atomic E-state index is 1.43. The first-order valence-corrected chi connectivity index (χ1v) is 4.52. The number of fused-ring (bicyclic) bond motifs is 1. The van der Waals surface area contributed by atoms with Crippen LogP contribution in [-0.4, -0.2) is 12.5 Å². The van der Waals surface area contributed by atoms with Gasteiger partial charge in [-0.05, 0) is 23.6 Å². The molecule has 2 aliphatic rings. The summed E-state index contributed by atoms with van der Waals surface area (Å²) in [7, 11) is 0. The summed E-state index contributed by atoms with van der Waals surface area (Å²) < 4.78 is 0. The SMILES string of the molecule is CSC.c1cc2ccc1-2. The van der Waals surface area contributed by atoms with E-state index in [-0.39, 0.29) is 0 Å². The van der Waals surface area contributed by atoms with Gasteiger partial charge in [-0.15, -0.1) is 0 Å². The first-order chi connectivity index (χ1) is 4.38. The van der Waals surface area contributed by atoms with Crippen molar-refractivity contribution < 1.29 is 0 Å². The summed E-state index contributed by atoms with van der Waals surface area (Å²) in [6.45, 7) is 0. The molecular weight excluding hydrogens is 128 g/mol. The highest BCUT2D eigenvalue weighted by Gasteiger charge is 2.03. The Morgan fingerprint density at radius 2 is 1.11 bits per heavy atom. The minimum Gasteiger partial charge on any atom is -0.169 e. The maximum Gasteiger partial charge on any atom is -0.0184 e. The largest absolute Gasteiger partial charge is 0.169 e. The van der Waals surface area contributed by atoms with E-state index >= 15 is 0 Å². The second-order valence-electron chi connectivity index (χ2n) is 1.99. The van der Waals surface area contributed by atoms with Gasteiger partial charge in [-0.25, -0.2) is 0 Å². The second kappa shape index (κ2) is 2.92. The first kappa shape index (κ1) is 6.69. The molecule has 2 rings (SSSR count). The molecule has 48 valence electrons. The van der Waals surface area contributed by atoms with E-state index in [0.717, 1.165) is 0 Å². The number of hydrogen-bond donors (Lipinski definition) is 0. The summed E-state index contributed by atoms with van der Waals surface area (Å²) in [5.74, 6) is 0. The molecule has 1 heteroatoms. The normalized spacial score (nSPS) is 9.56. The monoisotopic (exact) mass is 138 g/mol. The fraction of sp³-hybridized carbons (Fsp3) is 0.250. The van der Waals surface area contributed by atoms with Gasteiger partial charge in [0.1, 0.15) is 0 Å². The molecule has 2 aliphatic carbocycles. The molecule has 0 radical (unpaired) electrons. The molecule has 0 aromatic rings. The molecule has 0 aliphatic heterocycles. The summed E-state index contributed by atoms with van der Waals surface area (Å²) in [6.07, 6.45) is 4.08. The summed E-state index contributed by atoms with van der Waals surface area (Å²) in [6, 6.07) is 8.48.